The number of hydrogen-bond donors (Lipinski definition) is 1. The molecule has 13 heteroatoms. The summed E-state index contributed by atoms with van der Waals surface area (Å²) >= 11 is 0. The number of aromatic nitrogens is 3. The van der Waals surface area contributed by atoms with Gasteiger partial charge in [-0.15, -0.1) is 0 Å². The lowest BCUT2D eigenvalue weighted by molar-refractivity contribution is -0.124. The first-order valence-corrected chi connectivity index (χ1v) is 11.4. The SMILES string of the molecule is C[C@H]1Cn2ncc(N3CC(C(=O)N(C)c4ncco4)CC3=O)c2CN1CNc1cc(F)c(F)c(F)c1. The van der Waals surface area contributed by atoms with Crippen LogP contribution in [0, 0.1) is 23.4 Å². The molecular formula is C23H24F3N7O3. The van der Waals surface area contributed by atoms with Gasteiger partial charge in [0.1, 0.15) is 6.26 Å². The Morgan fingerprint density at radius 3 is 2.69 bits per heavy atom. The first-order valence-electron chi connectivity index (χ1n) is 11.4. The Balaban J connectivity index is 1.29. The molecule has 0 aliphatic carbocycles. The minimum Gasteiger partial charge on any atom is -0.432 e. The predicted molar refractivity (Wildman–Crippen MR) is 122 cm³/mol. The van der Waals surface area contributed by atoms with Crippen LogP contribution in [0.1, 0.15) is 19.0 Å². The topological polar surface area (TPSA) is 99.7 Å². The molecule has 190 valence electrons. The second-order valence-corrected chi connectivity index (χ2v) is 8.96. The van der Waals surface area contributed by atoms with Crippen LogP contribution >= 0.6 is 0 Å². The molecule has 2 aliphatic rings. The molecule has 10 nitrogen and oxygen atoms in total. The van der Waals surface area contributed by atoms with Gasteiger partial charge in [-0.3, -0.25) is 24.1 Å². The van der Waals surface area contributed by atoms with Crippen LogP contribution in [0.4, 0.5) is 30.6 Å². The number of nitrogens with zero attached hydrogens (tertiary/aromatic N) is 6. The van der Waals surface area contributed by atoms with Gasteiger partial charge in [-0.1, -0.05) is 0 Å². The highest BCUT2D eigenvalue weighted by molar-refractivity contribution is 6.03. The molecule has 0 spiro atoms. The highest BCUT2D eigenvalue weighted by Gasteiger charge is 2.40. The van der Waals surface area contributed by atoms with Crippen molar-refractivity contribution in [2.24, 2.45) is 5.92 Å². The quantitative estimate of drug-likeness (QED) is 0.516. The molecule has 2 aromatic heterocycles. The van der Waals surface area contributed by atoms with Crippen LogP contribution in [-0.2, 0) is 22.7 Å². The van der Waals surface area contributed by atoms with Gasteiger partial charge in [0.15, 0.2) is 17.5 Å². The Bertz CT molecular complexity index is 1270. The smallest absolute Gasteiger partial charge is 0.303 e. The Labute approximate surface area is 204 Å². The molecular weight excluding hydrogens is 479 g/mol. The lowest BCUT2D eigenvalue weighted by Crippen LogP contribution is -2.44. The van der Waals surface area contributed by atoms with Crippen molar-refractivity contribution < 1.29 is 27.2 Å². The van der Waals surface area contributed by atoms with Gasteiger partial charge < -0.3 is 14.6 Å². The third kappa shape index (κ3) is 4.30. The number of benzene rings is 1. The van der Waals surface area contributed by atoms with Crippen molar-refractivity contribution >= 4 is 29.2 Å². The maximum absolute atomic E-state index is 13.6. The minimum atomic E-state index is -1.51. The molecule has 1 N–H and O–H groups in total. The van der Waals surface area contributed by atoms with Gasteiger partial charge in [-0.2, -0.15) is 5.10 Å². The normalized spacial score (nSPS) is 20.0. The molecule has 0 saturated carbocycles. The molecule has 1 fully saturated rings. The summed E-state index contributed by atoms with van der Waals surface area (Å²) < 4.78 is 47.4. The molecule has 0 radical (unpaired) electrons. The average Bonchev–Trinajstić information content (AvgIpc) is 3.60. The van der Waals surface area contributed by atoms with Crippen molar-refractivity contribution in [1.29, 1.82) is 0 Å². The predicted octanol–water partition coefficient (Wildman–Crippen LogP) is 2.58. The van der Waals surface area contributed by atoms with E-state index in [2.05, 4.69) is 15.4 Å². The molecule has 2 aliphatic heterocycles. The summed E-state index contributed by atoms with van der Waals surface area (Å²) in [5, 5.41) is 7.36. The molecule has 0 bridgehead atoms. The number of amides is 2. The van der Waals surface area contributed by atoms with Gasteiger partial charge in [0, 0.05) is 50.4 Å². The Morgan fingerprint density at radius 1 is 1.25 bits per heavy atom. The number of oxazole rings is 1. The fourth-order valence-electron chi connectivity index (χ4n) is 4.58. The molecule has 1 unspecified atom stereocenters. The van der Waals surface area contributed by atoms with Crippen molar-refractivity contribution in [3.8, 4) is 0 Å². The summed E-state index contributed by atoms with van der Waals surface area (Å²) in [5.41, 5.74) is 1.52. The number of rotatable bonds is 6. The van der Waals surface area contributed by atoms with Crippen LogP contribution in [0.25, 0.3) is 0 Å². The number of hydrogen-bond acceptors (Lipinski definition) is 7. The van der Waals surface area contributed by atoms with Gasteiger partial charge in [-0.05, 0) is 6.92 Å². The third-order valence-electron chi connectivity index (χ3n) is 6.61. The molecule has 4 heterocycles. The fraction of sp³-hybridized carbons (Fsp3) is 0.391. The van der Waals surface area contributed by atoms with Crippen molar-refractivity contribution in [3.05, 3.63) is 53.9 Å². The number of carbonyl (C=O) groups is 2. The van der Waals surface area contributed by atoms with Crippen LogP contribution in [0.3, 0.4) is 0 Å². The van der Waals surface area contributed by atoms with E-state index < -0.39 is 23.4 Å². The number of anilines is 3. The van der Waals surface area contributed by atoms with Gasteiger partial charge in [0.2, 0.25) is 11.8 Å². The zero-order chi connectivity index (χ0) is 25.6. The van der Waals surface area contributed by atoms with Crippen LogP contribution in [0.5, 0.6) is 0 Å². The van der Waals surface area contributed by atoms with E-state index in [9.17, 15) is 22.8 Å². The second kappa shape index (κ2) is 9.30. The highest BCUT2D eigenvalue weighted by atomic mass is 19.2. The largest absolute Gasteiger partial charge is 0.432 e. The first kappa shape index (κ1) is 23.9. The molecule has 2 atom stereocenters. The lowest BCUT2D eigenvalue weighted by atomic mass is 10.1. The Hall–Kier alpha value is -3.87. The van der Waals surface area contributed by atoms with E-state index in [4.69, 9.17) is 4.42 Å². The van der Waals surface area contributed by atoms with E-state index in [0.717, 1.165) is 17.8 Å². The van der Waals surface area contributed by atoms with Gasteiger partial charge >= 0.3 is 6.01 Å². The van der Waals surface area contributed by atoms with E-state index in [1.165, 1.54) is 17.4 Å². The third-order valence-corrected chi connectivity index (χ3v) is 6.61. The van der Waals surface area contributed by atoms with Crippen LogP contribution in [0.15, 0.2) is 35.2 Å². The van der Waals surface area contributed by atoms with Crippen molar-refractivity contribution in [3.63, 3.8) is 0 Å². The van der Waals surface area contributed by atoms with Gasteiger partial charge in [-0.25, -0.2) is 18.2 Å². The van der Waals surface area contributed by atoms with Crippen LogP contribution in [-0.4, -0.2) is 57.8 Å². The monoisotopic (exact) mass is 503 g/mol. The zero-order valence-corrected chi connectivity index (χ0v) is 19.6. The summed E-state index contributed by atoms with van der Waals surface area (Å²) in [7, 11) is 1.55. The van der Waals surface area contributed by atoms with Gasteiger partial charge in [0.25, 0.3) is 0 Å². The van der Waals surface area contributed by atoms with Crippen LogP contribution in [0.2, 0.25) is 0 Å². The highest BCUT2D eigenvalue weighted by Crippen LogP contribution is 2.32. The fourth-order valence-corrected chi connectivity index (χ4v) is 4.58. The minimum absolute atomic E-state index is 0.0194. The standard InChI is InChI=1S/C23H24F3N7O3/c1-13-9-33-19(11-31(13)12-28-15-6-16(24)21(26)17(25)7-15)18(8-29-33)32-10-14(5-20(32)34)22(35)30(2)23-27-3-4-36-23/h3-4,6-8,13-14,28H,5,9-12H2,1-2H3/t13-,14?/m0/s1. The zero-order valence-electron chi connectivity index (χ0n) is 19.6. The van der Waals surface area contributed by atoms with E-state index in [0.29, 0.717) is 18.8 Å². The second-order valence-electron chi connectivity index (χ2n) is 8.96. The number of halogens is 3. The summed E-state index contributed by atoms with van der Waals surface area (Å²) in [4.78, 5) is 34.6. The maximum Gasteiger partial charge on any atom is 0.303 e. The molecule has 5 rings (SSSR count). The summed E-state index contributed by atoms with van der Waals surface area (Å²) in [6, 6.07) is 1.98. The van der Waals surface area contributed by atoms with E-state index in [-0.39, 0.29) is 49.2 Å². The average molecular weight is 503 g/mol. The molecule has 3 aromatic rings. The van der Waals surface area contributed by atoms with Crippen molar-refractivity contribution in [2.75, 3.05) is 35.4 Å². The van der Waals surface area contributed by atoms with Crippen molar-refractivity contribution in [1.82, 2.24) is 19.7 Å². The van der Waals surface area contributed by atoms with Crippen molar-refractivity contribution in [2.45, 2.75) is 32.5 Å². The summed E-state index contributed by atoms with van der Waals surface area (Å²) in [6.07, 6.45) is 4.48. The molecule has 1 saturated heterocycles. The summed E-state index contributed by atoms with van der Waals surface area (Å²) in [6.45, 7) is 3.33. The molecule has 1 aromatic carbocycles. The van der Waals surface area contributed by atoms with E-state index in [1.807, 2.05) is 16.5 Å². The molecule has 2 amide bonds. The van der Waals surface area contributed by atoms with E-state index >= 15 is 0 Å². The number of nitrogens with one attached hydrogen (secondary N) is 1. The Morgan fingerprint density at radius 2 is 2.00 bits per heavy atom. The number of fused-ring (bicyclic) bond motifs is 1. The van der Waals surface area contributed by atoms with Crippen LogP contribution < -0.4 is 15.1 Å². The van der Waals surface area contributed by atoms with E-state index in [1.54, 1.807) is 18.1 Å². The summed E-state index contributed by atoms with van der Waals surface area (Å²) in [5.74, 6) is -5.07. The first-order chi connectivity index (χ1) is 17.2. The Kier molecular flexibility index (Phi) is 6.16. The molecule has 36 heavy (non-hydrogen) atoms. The lowest BCUT2D eigenvalue weighted by Gasteiger charge is -2.35. The maximum atomic E-state index is 13.6. The number of carbonyl (C=O) groups excluding carboxylic acids is 2. The van der Waals surface area contributed by atoms with Gasteiger partial charge in [0.05, 0.1) is 42.9 Å².